The van der Waals surface area contributed by atoms with Gasteiger partial charge in [-0.15, -0.1) is 6.58 Å². The summed E-state index contributed by atoms with van der Waals surface area (Å²) in [5.41, 5.74) is 3.15. The molecule has 3 N–H and O–H groups in total. The average molecular weight is 298 g/mol. The average Bonchev–Trinajstić information content (AvgIpc) is 2.57. The predicted octanol–water partition coefficient (Wildman–Crippen LogP) is 3.54. The van der Waals surface area contributed by atoms with Crippen molar-refractivity contribution in [3.63, 3.8) is 0 Å². The van der Waals surface area contributed by atoms with E-state index in [-0.39, 0.29) is 18.6 Å². The second-order valence-electron chi connectivity index (χ2n) is 5.15. The molecule has 0 heterocycles. The van der Waals surface area contributed by atoms with Crippen LogP contribution in [0.2, 0.25) is 0 Å². The van der Waals surface area contributed by atoms with Crippen LogP contribution in [0.1, 0.15) is 30.4 Å². The zero-order valence-electron chi connectivity index (χ0n) is 13.3. The van der Waals surface area contributed by atoms with Crippen molar-refractivity contribution >= 4 is 11.8 Å². The minimum absolute atomic E-state index is 0.129. The zero-order chi connectivity index (χ0) is 16.4. The molecule has 0 amide bonds. The number of rotatable bonds is 10. The Hall–Kier alpha value is -1.97. The number of hydrogen-bond donors (Lipinski definition) is 3. The lowest BCUT2D eigenvalue weighted by Crippen LogP contribution is -2.34. The maximum absolute atomic E-state index is 9.24. The van der Waals surface area contributed by atoms with E-state index in [9.17, 15) is 5.11 Å². The van der Waals surface area contributed by atoms with Gasteiger partial charge in [0.25, 0.3) is 0 Å². The molecule has 118 valence electrons. The molecule has 1 aromatic rings. The van der Waals surface area contributed by atoms with Crippen LogP contribution in [-0.4, -0.2) is 30.5 Å². The molecule has 0 spiro atoms. The summed E-state index contributed by atoms with van der Waals surface area (Å²) in [5, 5.41) is 19.8. The van der Waals surface area contributed by atoms with Crippen LogP contribution in [-0.2, 0) is 0 Å². The van der Waals surface area contributed by atoms with Crippen molar-refractivity contribution in [1.29, 1.82) is 5.41 Å². The second-order valence-corrected chi connectivity index (χ2v) is 5.15. The highest BCUT2D eigenvalue weighted by Gasteiger charge is 2.10. The van der Waals surface area contributed by atoms with Gasteiger partial charge in [-0.05, 0) is 29.2 Å². The molecule has 0 saturated heterocycles. The van der Waals surface area contributed by atoms with Gasteiger partial charge >= 0.3 is 0 Å². The van der Waals surface area contributed by atoms with Gasteiger partial charge in [-0.2, -0.15) is 0 Å². The summed E-state index contributed by atoms with van der Waals surface area (Å²) in [4.78, 5) is 0. The number of hydrogen-bond acceptors (Lipinski definition) is 3. The molecule has 0 fully saturated rings. The molecule has 2 atom stereocenters. The van der Waals surface area contributed by atoms with Gasteiger partial charge in [0.15, 0.2) is 0 Å². The van der Waals surface area contributed by atoms with E-state index in [1.807, 2.05) is 18.2 Å². The fraction of sp³-hybridized carbons (Fsp3) is 0.316. The molecular formula is C19H26N2O. The van der Waals surface area contributed by atoms with E-state index in [1.165, 1.54) is 11.8 Å². The Balaban J connectivity index is 2.82. The van der Waals surface area contributed by atoms with Gasteiger partial charge in [0.2, 0.25) is 0 Å². The summed E-state index contributed by atoms with van der Waals surface area (Å²) >= 11 is 0. The van der Waals surface area contributed by atoms with Gasteiger partial charge in [0.1, 0.15) is 0 Å². The number of aliphatic hydroxyl groups is 1. The Morgan fingerprint density at radius 1 is 1.32 bits per heavy atom. The van der Waals surface area contributed by atoms with Crippen molar-refractivity contribution in [2.24, 2.45) is 0 Å². The molecule has 0 radical (unpaired) electrons. The van der Waals surface area contributed by atoms with Crippen LogP contribution in [0, 0.1) is 5.41 Å². The van der Waals surface area contributed by atoms with Crippen LogP contribution in [0.4, 0.5) is 0 Å². The SMILES string of the molecule is C=C/C(=C\C=N)c1ccc(C(C=C)CN[C@H](CC)CO)cc1. The van der Waals surface area contributed by atoms with Crippen LogP contribution in [0.25, 0.3) is 5.57 Å². The van der Waals surface area contributed by atoms with Gasteiger partial charge in [-0.3, -0.25) is 0 Å². The summed E-state index contributed by atoms with van der Waals surface area (Å²) < 4.78 is 0. The van der Waals surface area contributed by atoms with Crippen molar-refractivity contribution in [2.45, 2.75) is 25.3 Å². The summed E-state index contributed by atoms with van der Waals surface area (Å²) in [7, 11) is 0. The molecule has 3 nitrogen and oxygen atoms in total. The number of nitrogens with one attached hydrogen (secondary N) is 2. The Bertz CT molecular complexity index is 513. The monoisotopic (exact) mass is 298 g/mol. The van der Waals surface area contributed by atoms with E-state index < -0.39 is 0 Å². The number of benzene rings is 1. The molecule has 0 aliphatic heterocycles. The van der Waals surface area contributed by atoms with Crippen molar-refractivity contribution in [2.75, 3.05) is 13.2 Å². The highest BCUT2D eigenvalue weighted by atomic mass is 16.3. The summed E-state index contributed by atoms with van der Waals surface area (Å²) in [6.45, 7) is 10.6. The Labute approximate surface area is 133 Å². The standard InChI is InChI=1S/C19H26N2O/c1-4-15(11-12-20)17-7-9-18(10-8-17)16(5-2)13-21-19(6-3)14-22/h4-5,7-12,16,19-22H,1-2,6,13-14H2,3H3/b15-11+,20-12?/t16?,19-/m1/s1. The quantitative estimate of drug-likeness (QED) is 0.351. The van der Waals surface area contributed by atoms with Gasteiger partial charge in [-0.25, -0.2) is 0 Å². The fourth-order valence-corrected chi connectivity index (χ4v) is 2.26. The zero-order valence-corrected chi connectivity index (χ0v) is 13.3. The van der Waals surface area contributed by atoms with Crippen LogP contribution >= 0.6 is 0 Å². The number of aliphatic hydroxyl groups excluding tert-OH is 1. The van der Waals surface area contributed by atoms with Crippen molar-refractivity contribution < 1.29 is 5.11 Å². The highest BCUT2D eigenvalue weighted by molar-refractivity contribution is 5.87. The lowest BCUT2D eigenvalue weighted by Gasteiger charge is -2.19. The molecule has 0 bridgehead atoms. The molecule has 0 aliphatic carbocycles. The topological polar surface area (TPSA) is 56.1 Å². The lowest BCUT2D eigenvalue weighted by atomic mass is 9.95. The Morgan fingerprint density at radius 3 is 2.45 bits per heavy atom. The van der Waals surface area contributed by atoms with Gasteiger partial charge in [-0.1, -0.05) is 49.9 Å². The summed E-state index contributed by atoms with van der Waals surface area (Å²) in [6, 6.07) is 8.35. The maximum atomic E-state index is 9.24. The van der Waals surface area contributed by atoms with Gasteiger partial charge in [0, 0.05) is 24.7 Å². The lowest BCUT2D eigenvalue weighted by molar-refractivity contribution is 0.238. The van der Waals surface area contributed by atoms with E-state index in [4.69, 9.17) is 5.41 Å². The molecule has 1 unspecified atom stereocenters. The fourth-order valence-electron chi connectivity index (χ4n) is 2.26. The molecule has 0 aromatic heterocycles. The first-order chi connectivity index (χ1) is 10.7. The molecule has 0 saturated carbocycles. The molecule has 0 aliphatic rings. The van der Waals surface area contributed by atoms with Crippen LogP contribution in [0.5, 0.6) is 0 Å². The van der Waals surface area contributed by atoms with E-state index in [2.05, 4.69) is 37.5 Å². The third kappa shape index (κ3) is 5.10. The highest BCUT2D eigenvalue weighted by Crippen LogP contribution is 2.21. The number of allylic oxidation sites excluding steroid dienone is 3. The normalized spacial score (nSPS) is 14.2. The molecule has 1 rings (SSSR count). The first-order valence-corrected chi connectivity index (χ1v) is 7.60. The Kier molecular flexibility index (Phi) is 8.11. The molecule has 1 aromatic carbocycles. The van der Waals surface area contributed by atoms with E-state index in [0.29, 0.717) is 0 Å². The minimum atomic E-state index is 0.129. The van der Waals surface area contributed by atoms with Crippen molar-refractivity contribution in [3.8, 4) is 0 Å². The van der Waals surface area contributed by atoms with Crippen molar-refractivity contribution in [3.05, 3.63) is 66.8 Å². The van der Waals surface area contributed by atoms with Crippen LogP contribution in [0.15, 0.2) is 55.7 Å². The smallest absolute Gasteiger partial charge is 0.0584 e. The van der Waals surface area contributed by atoms with Crippen LogP contribution in [0.3, 0.4) is 0 Å². The predicted molar refractivity (Wildman–Crippen MR) is 95.5 cm³/mol. The van der Waals surface area contributed by atoms with E-state index in [1.54, 1.807) is 12.2 Å². The first-order valence-electron chi connectivity index (χ1n) is 7.60. The van der Waals surface area contributed by atoms with Crippen LogP contribution < -0.4 is 5.32 Å². The van der Waals surface area contributed by atoms with Gasteiger partial charge in [0.05, 0.1) is 6.61 Å². The molecule has 3 heteroatoms. The summed E-state index contributed by atoms with van der Waals surface area (Å²) in [6.07, 6.45) is 7.56. The third-order valence-corrected chi connectivity index (χ3v) is 3.78. The molecular weight excluding hydrogens is 272 g/mol. The molecule has 22 heavy (non-hydrogen) atoms. The largest absolute Gasteiger partial charge is 0.395 e. The van der Waals surface area contributed by atoms with E-state index >= 15 is 0 Å². The Morgan fingerprint density at radius 2 is 2.00 bits per heavy atom. The third-order valence-electron chi connectivity index (χ3n) is 3.78. The van der Waals surface area contributed by atoms with Gasteiger partial charge < -0.3 is 15.8 Å². The minimum Gasteiger partial charge on any atom is -0.395 e. The first kappa shape index (κ1) is 18.1. The van der Waals surface area contributed by atoms with Crippen molar-refractivity contribution in [1.82, 2.24) is 5.32 Å². The summed E-state index contributed by atoms with van der Waals surface area (Å²) in [5.74, 6) is 0.202. The second kappa shape index (κ2) is 9.87. The van der Waals surface area contributed by atoms with E-state index in [0.717, 1.165) is 24.1 Å². The maximum Gasteiger partial charge on any atom is 0.0584 e.